The molecular formula is C22H30N4O2. The number of nitrogens with one attached hydrogen (secondary N) is 1. The first-order valence-electron chi connectivity index (χ1n) is 9.99. The molecule has 0 bridgehead atoms. The number of amides is 1. The van der Waals surface area contributed by atoms with Gasteiger partial charge in [-0.15, -0.1) is 0 Å². The molecular weight excluding hydrogens is 352 g/mol. The number of carbonyl (C=O) groups is 1. The third kappa shape index (κ3) is 4.50. The van der Waals surface area contributed by atoms with E-state index < -0.39 is 0 Å². The molecule has 1 saturated heterocycles. The van der Waals surface area contributed by atoms with Crippen LogP contribution >= 0.6 is 0 Å². The fourth-order valence-electron chi connectivity index (χ4n) is 3.47. The molecule has 1 amide bonds. The lowest BCUT2D eigenvalue weighted by molar-refractivity contribution is 0.0299. The van der Waals surface area contributed by atoms with Gasteiger partial charge in [-0.1, -0.05) is 45.9 Å². The van der Waals surface area contributed by atoms with Crippen molar-refractivity contribution in [3.63, 3.8) is 0 Å². The van der Waals surface area contributed by atoms with Crippen molar-refractivity contribution >= 4 is 17.5 Å². The highest BCUT2D eigenvalue weighted by molar-refractivity contribution is 5.92. The van der Waals surface area contributed by atoms with E-state index in [1.54, 1.807) is 11.0 Å². The summed E-state index contributed by atoms with van der Waals surface area (Å²) in [5.41, 5.74) is 4.67. The van der Waals surface area contributed by atoms with Gasteiger partial charge in [-0.2, -0.15) is 0 Å². The van der Waals surface area contributed by atoms with E-state index in [0.717, 1.165) is 11.4 Å². The zero-order chi connectivity index (χ0) is 20.3. The Morgan fingerprint density at radius 2 is 1.68 bits per heavy atom. The first-order valence-corrected chi connectivity index (χ1v) is 9.99. The molecule has 1 aliphatic rings. The summed E-state index contributed by atoms with van der Waals surface area (Å²) in [4.78, 5) is 23.7. The molecule has 0 unspecified atom stereocenters. The van der Waals surface area contributed by atoms with Crippen LogP contribution in [0.2, 0.25) is 0 Å². The normalized spacial score (nSPS) is 14.6. The summed E-state index contributed by atoms with van der Waals surface area (Å²) in [6.07, 6.45) is 0. The Morgan fingerprint density at radius 3 is 2.25 bits per heavy atom. The fourth-order valence-corrected chi connectivity index (χ4v) is 3.47. The Labute approximate surface area is 167 Å². The van der Waals surface area contributed by atoms with Gasteiger partial charge in [-0.25, -0.2) is 9.97 Å². The Kier molecular flexibility index (Phi) is 6.29. The zero-order valence-corrected chi connectivity index (χ0v) is 17.5. The van der Waals surface area contributed by atoms with Gasteiger partial charge in [0.15, 0.2) is 0 Å². The minimum absolute atomic E-state index is 0.0712. The van der Waals surface area contributed by atoms with E-state index in [9.17, 15) is 4.79 Å². The third-order valence-corrected chi connectivity index (χ3v) is 4.98. The molecule has 3 rings (SSSR count). The molecule has 6 nitrogen and oxygen atoms in total. The van der Waals surface area contributed by atoms with Crippen molar-refractivity contribution in [2.45, 2.75) is 46.5 Å². The van der Waals surface area contributed by atoms with Crippen molar-refractivity contribution in [1.29, 1.82) is 0 Å². The van der Waals surface area contributed by atoms with E-state index in [1.165, 1.54) is 11.1 Å². The van der Waals surface area contributed by atoms with Gasteiger partial charge in [0, 0.05) is 24.5 Å². The molecule has 0 spiro atoms. The lowest BCUT2D eigenvalue weighted by Crippen LogP contribution is -2.41. The zero-order valence-electron chi connectivity index (χ0n) is 17.5. The standard InChI is InChI=1S/C22H30N4O2/c1-14(2)17-7-6-8-18(15(3)4)20(17)25-22-23-16(5)13-19(24-22)21(27)26-9-11-28-12-10-26/h6-8,13-15H,9-12H2,1-5H3,(H,23,24,25). The van der Waals surface area contributed by atoms with Gasteiger partial charge in [0.2, 0.25) is 5.95 Å². The van der Waals surface area contributed by atoms with E-state index in [0.29, 0.717) is 49.8 Å². The predicted octanol–water partition coefficient (Wildman–Crippen LogP) is 4.25. The van der Waals surface area contributed by atoms with Crippen LogP contribution in [-0.2, 0) is 4.74 Å². The Morgan fingerprint density at radius 1 is 1.07 bits per heavy atom. The molecule has 1 N–H and O–H groups in total. The highest BCUT2D eigenvalue weighted by atomic mass is 16.5. The minimum atomic E-state index is -0.0712. The van der Waals surface area contributed by atoms with Crippen molar-refractivity contribution in [3.8, 4) is 0 Å². The van der Waals surface area contributed by atoms with Crippen molar-refractivity contribution < 1.29 is 9.53 Å². The van der Waals surface area contributed by atoms with Gasteiger partial charge in [0.1, 0.15) is 5.69 Å². The predicted molar refractivity (Wildman–Crippen MR) is 111 cm³/mol. The number of morpholine rings is 1. The third-order valence-electron chi connectivity index (χ3n) is 4.98. The van der Waals surface area contributed by atoms with E-state index in [2.05, 4.69) is 61.2 Å². The molecule has 28 heavy (non-hydrogen) atoms. The highest BCUT2D eigenvalue weighted by Gasteiger charge is 2.21. The lowest BCUT2D eigenvalue weighted by atomic mass is 9.93. The number of aromatic nitrogens is 2. The van der Waals surface area contributed by atoms with Crippen LogP contribution in [0.1, 0.15) is 66.8 Å². The average molecular weight is 383 g/mol. The van der Waals surface area contributed by atoms with Crippen LogP contribution in [0.5, 0.6) is 0 Å². The summed E-state index contributed by atoms with van der Waals surface area (Å²) in [6, 6.07) is 8.12. The molecule has 2 heterocycles. The molecule has 0 radical (unpaired) electrons. The SMILES string of the molecule is Cc1cc(C(=O)N2CCOCC2)nc(Nc2c(C(C)C)cccc2C(C)C)n1. The van der Waals surface area contributed by atoms with Crippen LogP contribution in [0, 0.1) is 6.92 Å². The monoisotopic (exact) mass is 382 g/mol. The number of benzene rings is 1. The number of hydrogen-bond donors (Lipinski definition) is 1. The number of anilines is 2. The molecule has 0 aliphatic carbocycles. The molecule has 1 aromatic heterocycles. The molecule has 1 aromatic carbocycles. The van der Waals surface area contributed by atoms with Gasteiger partial charge in [-0.05, 0) is 36.0 Å². The second kappa shape index (κ2) is 8.69. The largest absolute Gasteiger partial charge is 0.378 e. The molecule has 6 heteroatoms. The van der Waals surface area contributed by atoms with Crippen LogP contribution in [0.15, 0.2) is 24.3 Å². The quantitative estimate of drug-likeness (QED) is 0.837. The maximum absolute atomic E-state index is 12.9. The van der Waals surface area contributed by atoms with Crippen LogP contribution in [0.25, 0.3) is 0 Å². The fraction of sp³-hybridized carbons (Fsp3) is 0.500. The van der Waals surface area contributed by atoms with Crippen molar-refractivity contribution in [2.24, 2.45) is 0 Å². The van der Waals surface area contributed by atoms with Gasteiger partial charge in [0.05, 0.1) is 13.2 Å². The summed E-state index contributed by atoms with van der Waals surface area (Å²) in [7, 11) is 0. The van der Waals surface area contributed by atoms with Crippen LogP contribution in [-0.4, -0.2) is 47.1 Å². The van der Waals surface area contributed by atoms with E-state index in [1.807, 2.05) is 6.92 Å². The number of aryl methyl sites for hydroxylation is 1. The van der Waals surface area contributed by atoms with Crippen LogP contribution in [0.4, 0.5) is 11.6 Å². The van der Waals surface area contributed by atoms with E-state index in [4.69, 9.17) is 4.74 Å². The van der Waals surface area contributed by atoms with Gasteiger partial charge in [-0.3, -0.25) is 4.79 Å². The first-order chi connectivity index (χ1) is 13.4. The first kappa shape index (κ1) is 20.3. The molecule has 150 valence electrons. The van der Waals surface area contributed by atoms with Crippen molar-refractivity contribution in [1.82, 2.24) is 14.9 Å². The minimum Gasteiger partial charge on any atom is -0.378 e. The number of para-hydroxylation sites is 1. The number of nitrogens with zero attached hydrogens (tertiary/aromatic N) is 3. The topological polar surface area (TPSA) is 67.4 Å². The second-order valence-corrected chi connectivity index (χ2v) is 7.87. The summed E-state index contributed by atoms with van der Waals surface area (Å²) in [6.45, 7) is 12.9. The second-order valence-electron chi connectivity index (χ2n) is 7.87. The summed E-state index contributed by atoms with van der Waals surface area (Å²) >= 11 is 0. The Bertz CT molecular complexity index is 816. The number of carbonyl (C=O) groups excluding carboxylic acids is 1. The number of ether oxygens (including phenoxy) is 1. The average Bonchev–Trinajstić information content (AvgIpc) is 2.67. The van der Waals surface area contributed by atoms with Gasteiger partial charge < -0.3 is 15.0 Å². The highest BCUT2D eigenvalue weighted by Crippen LogP contribution is 2.33. The molecule has 1 aliphatic heterocycles. The van der Waals surface area contributed by atoms with Crippen molar-refractivity contribution in [2.75, 3.05) is 31.6 Å². The maximum Gasteiger partial charge on any atom is 0.272 e. The molecule has 1 fully saturated rings. The van der Waals surface area contributed by atoms with Gasteiger partial charge in [0.25, 0.3) is 5.91 Å². The van der Waals surface area contributed by atoms with Crippen LogP contribution in [0.3, 0.4) is 0 Å². The molecule has 0 saturated carbocycles. The van der Waals surface area contributed by atoms with E-state index in [-0.39, 0.29) is 5.91 Å². The van der Waals surface area contributed by atoms with Crippen LogP contribution < -0.4 is 5.32 Å². The van der Waals surface area contributed by atoms with Gasteiger partial charge >= 0.3 is 0 Å². The number of rotatable bonds is 5. The molecule has 0 atom stereocenters. The summed E-state index contributed by atoms with van der Waals surface area (Å²) < 4.78 is 5.34. The smallest absolute Gasteiger partial charge is 0.272 e. The van der Waals surface area contributed by atoms with Crippen molar-refractivity contribution in [3.05, 3.63) is 46.8 Å². The Hall–Kier alpha value is -2.47. The summed E-state index contributed by atoms with van der Waals surface area (Å²) in [5.74, 6) is 1.12. The summed E-state index contributed by atoms with van der Waals surface area (Å²) in [5, 5.41) is 3.43. The molecule has 2 aromatic rings. The lowest BCUT2D eigenvalue weighted by Gasteiger charge is -2.26. The number of hydrogen-bond acceptors (Lipinski definition) is 5. The van der Waals surface area contributed by atoms with E-state index >= 15 is 0 Å². The maximum atomic E-state index is 12.9. The Balaban J connectivity index is 1.95.